The van der Waals surface area contributed by atoms with Gasteiger partial charge in [0.15, 0.2) is 0 Å². The van der Waals surface area contributed by atoms with Gasteiger partial charge in [0.1, 0.15) is 11.6 Å². The number of hydrogen-bond donors (Lipinski definition) is 1. The average Bonchev–Trinajstić information content (AvgIpc) is 2.28. The molecular weight excluding hydrogens is 210 g/mol. The molecule has 0 fully saturated rings. The van der Waals surface area contributed by atoms with E-state index in [0.29, 0.717) is 17.7 Å². The summed E-state index contributed by atoms with van der Waals surface area (Å²) in [5, 5.41) is 0. The second-order valence-electron chi connectivity index (χ2n) is 3.40. The van der Waals surface area contributed by atoms with E-state index in [1.807, 2.05) is 0 Å². The quantitative estimate of drug-likeness (QED) is 0.844. The lowest BCUT2D eigenvalue weighted by Gasteiger charge is -2.03. The third kappa shape index (κ3) is 2.23. The molecule has 4 heteroatoms. The van der Waals surface area contributed by atoms with Crippen molar-refractivity contribution in [2.24, 2.45) is 5.73 Å². The Balaban J connectivity index is 2.42. The highest BCUT2D eigenvalue weighted by molar-refractivity contribution is 5.62. The summed E-state index contributed by atoms with van der Waals surface area (Å²) in [6.45, 7) is 0.345. The largest absolute Gasteiger partial charge is 0.325 e. The summed E-state index contributed by atoms with van der Waals surface area (Å²) in [6.07, 6.45) is 1.55. The topological polar surface area (TPSA) is 38.9 Å². The van der Waals surface area contributed by atoms with Gasteiger partial charge in [-0.25, -0.2) is 8.78 Å². The molecule has 0 atom stereocenters. The Kier molecular flexibility index (Phi) is 2.92. The molecule has 1 aromatic heterocycles. The van der Waals surface area contributed by atoms with E-state index in [1.54, 1.807) is 18.3 Å². The van der Waals surface area contributed by atoms with E-state index in [1.165, 1.54) is 12.1 Å². The highest BCUT2D eigenvalue weighted by Crippen LogP contribution is 2.20. The van der Waals surface area contributed by atoms with Gasteiger partial charge >= 0.3 is 0 Å². The molecular formula is C12H10F2N2. The number of nitrogens with zero attached hydrogens (tertiary/aromatic N) is 1. The van der Waals surface area contributed by atoms with Crippen molar-refractivity contribution in [3.63, 3.8) is 0 Å². The molecule has 2 N–H and O–H groups in total. The van der Waals surface area contributed by atoms with Crippen molar-refractivity contribution < 1.29 is 8.78 Å². The van der Waals surface area contributed by atoms with Crippen molar-refractivity contribution in [1.82, 2.24) is 4.98 Å². The predicted octanol–water partition coefficient (Wildman–Crippen LogP) is 2.49. The molecule has 1 aromatic carbocycles. The third-order valence-corrected chi connectivity index (χ3v) is 2.23. The highest BCUT2D eigenvalue weighted by atomic mass is 19.1. The van der Waals surface area contributed by atoms with Crippen LogP contribution in [0.1, 0.15) is 5.69 Å². The SMILES string of the molecule is NCc1ccc(-c2cc(F)cc(F)c2)cn1. The van der Waals surface area contributed by atoms with E-state index in [9.17, 15) is 8.78 Å². The molecule has 16 heavy (non-hydrogen) atoms. The standard InChI is InChI=1S/C12H10F2N2/c13-10-3-9(4-11(14)5-10)8-1-2-12(6-15)16-7-8/h1-5,7H,6,15H2. The predicted molar refractivity (Wildman–Crippen MR) is 57.5 cm³/mol. The maximum absolute atomic E-state index is 13.0. The first-order valence-electron chi connectivity index (χ1n) is 4.80. The smallest absolute Gasteiger partial charge is 0.126 e. The monoisotopic (exact) mass is 220 g/mol. The summed E-state index contributed by atoms with van der Waals surface area (Å²) in [6, 6.07) is 6.84. The van der Waals surface area contributed by atoms with Gasteiger partial charge in [-0.1, -0.05) is 6.07 Å². The Morgan fingerprint density at radius 1 is 1.00 bits per heavy atom. The molecule has 0 saturated heterocycles. The van der Waals surface area contributed by atoms with Gasteiger partial charge in [0, 0.05) is 24.4 Å². The van der Waals surface area contributed by atoms with Gasteiger partial charge < -0.3 is 5.73 Å². The number of aromatic nitrogens is 1. The van der Waals surface area contributed by atoms with Crippen LogP contribution in [0.3, 0.4) is 0 Å². The normalized spacial score (nSPS) is 10.4. The molecule has 0 amide bonds. The molecule has 2 nitrogen and oxygen atoms in total. The van der Waals surface area contributed by atoms with Gasteiger partial charge in [-0.15, -0.1) is 0 Å². The van der Waals surface area contributed by atoms with Gasteiger partial charge in [-0.05, 0) is 23.8 Å². The van der Waals surface area contributed by atoms with Gasteiger partial charge in [-0.3, -0.25) is 4.98 Å². The fraction of sp³-hybridized carbons (Fsp3) is 0.0833. The summed E-state index contributed by atoms with van der Waals surface area (Å²) in [4.78, 5) is 4.06. The van der Waals surface area contributed by atoms with Crippen LogP contribution in [-0.2, 0) is 6.54 Å². The lowest BCUT2D eigenvalue weighted by molar-refractivity contribution is 0.584. The van der Waals surface area contributed by atoms with Crippen molar-refractivity contribution >= 4 is 0 Å². The zero-order valence-corrected chi connectivity index (χ0v) is 8.45. The highest BCUT2D eigenvalue weighted by Gasteiger charge is 2.03. The number of nitrogens with two attached hydrogens (primary N) is 1. The Labute approximate surface area is 91.7 Å². The molecule has 0 radical (unpaired) electrons. The Morgan fingerprint density at radius 3 is 2.19 bits per heavy atom. The van der Waals surface area contributed by atoms with E-state index in [-0.39, 0.29) is 0 Å². The van der Waals surface area contributed by atoms with Crippen molar-refractivity contribution in [1.29, 1.82) is 0 Å². The minimum Gasteiger partial charge on any atom is -0.325 e. The van der Waals surface area contributed by atoms with Crippen LogP contribution in [0.15, 0.2) is 36.5 Å². The van der Waals surface area contributed by atoms with Crippen LogP contribution in [0.25, 0.3) is 11.1 Å². The van der Waals surface area contributed by atoms with Crippen molar-refractivity contribution in [2.45, 2.75) is 6.54 Å². The molecule has 0 unspecified atom stereocenters. The number of hydrogen-bond acceptors (Lipinski definition) is 2. The minimum atomic E-state index is -0.599. The molecule has 2 aromatic rings. The average molecular weight is 220 g/mol. The molecule has 0 bridgehead atoms. The van der Waals surface area contributed by atoms with E-state index >= 15 is 0 Å². The van der Waals surface area contributed by atoms with Gasteiger partial charge in [0.2, 0.25) is 0 Å². The van der Waals surface area contributed by atoms with E-state index < -0.39 is 11.6 Å². The number of benzene rings is 1. The summed E-state index contributed by atoms with van der Waals surface area (Å²) < 4.78 is 26.0. The first-order chi connectivity index (χ1) is 7.69. The Hall–Kier alpha value is -1.81. The fourth-order valence-corrected chi connectivity index (χ4v) is 1.44. The number of halogens is 2. The zero-order chi connectivity index (χ0) is 11.5. The van der Waals surface area contributed by atoms with Crippen molar-refractivity contribution in [2.75, 3.05) is 0 Å². The van der Waals surface area contributed by atoms with Gasteiger partial charge in [-0.2, -0.15) is 0 Å². The zero-order valence-electron chi connectivity index (χ0n) is 8.45. The third-order valence-electron chi connectivity index (χ3n) is 2.23. The lowest BCUT2D eigenvalue weighted by atomic mass is 10.1. The van der Waals surface area contributed by atoms with Gasteiger partial charge in [0.25, 0.3) is 0 Å². The lowest BCUT2D eigenvalue weighted by Crippen LogP contribution is -1.98. The van der Waals surface area contributed by atoms with Crippen LogP contribution in [-0.4, -0.2) is 4.98 Å². The fourth-order valence-electron chi connectivity index (χ4n) is 1.44. The number of rotatable bonds is 2. The molecule has 0 aliphatic rings. The molecule has 0 aliphatic carbocycles. The van der Waals surface area contributed by atoms with Crippen LogP contribution < -0.4 is 5.73 Å². The molecule has 1 heterocycles. The Morgan fingerprint density at radius 2 is 1.69 bits per heavy atom. The molecule has 0 saturated carbocycles. The molecule has 0 spiro atoms. The summed E-state index contributed by atoms with van der Waals surface area (Å²) in [5.41, 5.74) is 7.27. The maximum Gasteiger partial charge on any atom is 0.126 e. The first kappa shape index (κ1) is 10.7. The molecule has 82 valence electrons. The van der Waals surface area contributed by atoms with Crippen LogP contribution in [0.5, 0.6) is 0 Å². The van der Waals surface area contributed by atoms with Crippen LogP contribution in [0.2, 0.25) is 0 Å². The second-order valence-corrected chi connectivity index (χ2v) is 3.40. The number of pyridine rings is 1. The van der Waals surface area contributed by atoms with Crippen LogP contribution >= 0.6 is 0 Å². The summed E-state index contributed by atoms with van der Waals surface area (Å²) in [5.74, 6) is -1.20. The second kappa shape index (κ2) is 4.37. The van der Waals surface area contributed by atoms with Gasteiger partial charge in [0.05, 0.1) is 5.69 Å². The van der Waals surface area contributed by atoms with E-state index in [2.05, 4.69) is 4.98 Å². The van der Waals surface area contributed by atoms with Crippen molar-refractivity contribution in [3.8, 4) is 11.1 Å². The Bertz CT molecular complexity index is 475. The molecule has 0 aliphatic heterocycles. The van der Waals surface area contributed by atoms with Crippen LogP contribution in [0, 0.1) is 11.6 Å². The first-order valence-corrected chi connectivity index (χ1v) is 4.80. The van der Waals surface area contributed by atoms with E-state index in [0.717, 1.165) is 11.8 Å². The minimum absolute atomic E-state index is 0.345. The van der Waals surface area contributed by atoms with Crippen LogP contribution in [0.4, 0.5) is 8.78 Å². The van der Waals surface area contributed by atoms with E-state index in [4.69, 9.17) is 5.73 Å². The van der Waals surface area contributed by atoms with Crippen molar-refractivity contribution in [3.05, 3.63) is 53.9 Å². The maximum atomic E-state index is 13.0. The summed E-state index contributed by atoms with van der Waals surface area (Å²) in [7, 11) is 0. The molecule has 2 rings (SSSR count). The summed E-state index contributed by atoms with van der Waals surface area (Å²) >= 11 is 0.